The van der Waals surface area contributed by atoms with Gasteiger partial charge in [0.15, 0.2) is 0 Å². The van der Waals surface area contributed by atoms with Crippen molar-refractivity contribution in [2.75, 3.05) is 38.6 Å². The van der Waals surface area contributed by atoms with E-state index in [9.17, 15) is 67.5 Å². The fourth-order valence-electron chi connectivity index (χ4n) is 8.53. The van der Waals surface area contributed by atoms with Gasteiger partial charge >= 0.3 is 5.97 Å². The number of carboxylic acid groups (broad SMARTS) is 1. The molecular weight excluding hydrogens is 969 g/mol. The van der Waals surface area contributed by atoms with Crippen LogP contribution < -0.4 is 47.7 Å². The van der Waals surface area contributed by atoms with E-state index in [4.69, 9.17) is 15.6 Å². The molecule has 1 aromatic heterocycles. The van der Waals surface area contributed by atoms with Gasteiger partial charge in [-0.2, -0.15) is 0 Å². The molecule has 4 heterocycles. The maximum Gasteiger partial charge on any atom is 0.303 e. The first-order valence-corrected chi connectivity index (χ1v) is 24.9. The molecule has 5 rings (SSSR count). The van der Waals surface area contributed by atoms with Crippen molar-refractivity contribution in [2.45, 2.75) is 126 Å². The number of carbonyl (C=O) groups is 10. The van der Waals surface area contributed by atoms with Crippen LogP contribution in [-0.4, -0.2) is 181 Å². The lowest BCUT2D eigenvalue weighted by Crippen LogP contribution is -2.62. The lowest BCUT2D eigenvalue weighted by atomic mass is 9.93. The number of benzene rings is 1. The van der Waals surface area contributed by atoms with E-state index in [1.54, 1.807) is 26.0 Å². The molecule has 72 heavy (non-hydrogen) atoms. The Morgan fingerprint density at radius 3 is 2.22 bits per heavy atom. The highest BCUT2D eigenvalue weighted by atomic mass is 32.2. The van der Waals surface area contributed by atoms with Gasteiger partial charge in [-0.3, -0.25) is 52.2 Å². The molecule has 1 aromatic carbocycles. The summed E-state index contributed by atoms with van der Waals surface area (Å²) < 4.78 is 20.8. The van der Waals surface area contributed by atoms with E-state index >= 15 is 0 Å². The van der Waals surface area contributed by atoms with E-state index in [1.165, 1.54) is 13.0 Å². The summed E-state index contributed by atoms with van der Waals surface area (Å²) in [7, 11) is -2.40. The van der Waals surface area contributed by atoms with Crippen molar-refractivity contribution >= 4 is 80.8 Å². The molecule has 26 nitrogen and oxygen atoms in total. The molecule has 396 valence electrons. The number of amides is 9. The molecule has 14 N–H and O–H groups in total. The third-order valence-electron chi connectivity index (χ3n) is 12.8. The van der Waals surface area contributed by atoms with Crippen LogP contribution in [0.15, 0.2) is 23.2 Å². The van der Waals surface area contributed by atoms with Crippen LogP contribution in [-0.2, 0) is 65.2 Å². The maximum atomic E-state index is 14.9. The van der Waals surface area contributed by atoms with Gasteiger partial charge in [-0.1, -0.05) is 27.2 Å². The van der Waals surface area contributed by atoms with E-state index < -0.39 is 181 Å². The summed E-state index contributed by atoms with van der Waals surface area (Å²) in [5, 5.41) is 57.9. The van der Waals surface area contributed by atoms with Crippen LogP contribution in [0, 0.1) is 11.8 Å². The molecular formula is C45H64N10O16S. The Hall–Kier alpha value is -6.71. The summed E-state index contributed by atoms with van der Waals surface area (Å²) in [4.78, 5) is 140. The quantitative estimate of drug-likeness (QED) is 0.0792. The Kier molecular flexibility index (Phi) is 20.0. The first kappa shape index (κ1) is 56.2. The molecule has 0 aliphatic carbocycles. The van der Waals surface area contributed by atoms with Crippen LogP contribution in [0.25, 0.3) is 10.9 Å². The van der Waals surface area contributed by atoms with Gasteiger partial charge in [0.05, 0.1) is 67.0 Å². The summed E-state index contributed by atoms with van der Waals surface area (Å²) in [6.07, 6.45) is -3.01. The van der Waals surface area contributed by atoms with Crippen LogP contribution >= 0.6 is 0 Å². The fourth-order valence-corrected chi connectivity index (χ4v) is 9.92. The van der Waals surface area contributed by atoms with Gasteiger partial charge in [0.25, 0.3) is 0 Å². The van der Waals surface area contributed by atoms with E-state index in [0.29, 0.717) is 36.8 Å². The molecule has 1 saturated heterocycles. The predicted octanol–water partition coefficient (Wildman–Crippen LogP) is -4.60. The van der Waals surface area contributed by atoms with Crippen molar-refractivity contribution in [3.63, 3.8) is 0 Å². The molecule has 0 saturated carbocycles. The highest BCUT2D eigenvalue weighted by Crippen LogP contribution is 2.31. The number of primary amides is 1. The normalized spacial score (nSPS) is 26.6. The highest BCUT2D eigenvalue weighted by Gasteiger charge is 2.45. The number of unbranched alkanes of at least 4 members (excludes halogenated alkanes) is 2. The van der Waals surface area contributed by atoms with Crippen molar-refractivity contribution in [2.24, 2.45) is 17.6 Å². The number of H-pyrrole nitrogens is 1. The Bertz CT molecular complexity index is 2420. The number of carboxylic acids is 1. The van der Waals surface area contributed by atoms with Crippen LogP contribution in [0.5, 0.6) is 5.75 Å². The predicted molar refractivity (Wildman–Crippen MR) is 252 cm³/mol. The van der Waals surface area contributed by atoms with Crippen LogP contribution in [0.1, 0.15) is 71.3 Å². The van der Waals surface area contributed by atoms with Crippen LogP contribution in [0.2, 0.25) is 0 Å². The number of hydrogen-bond donors (Lipinski definition) is 13. The number of nitrogens with two attached hydrogens (primary N) is 1. The molecule has 3 aliphatic heterocycles. The number of rotatable bonds is 14. The lowest BCUT2D eigenvalue weighted by Gasteiger charge is -2.32. The monoisotopic (exact) mass is 1030 g/mol. The van der Waals surface area contributed by atoms with Gasteiger partial charge in [-0.25, -0.2) is 0 Å². The smallest absolute Gasteiger partial charge is 0.303 e. The van der Waals surface area contributed by atoms with Gasteiger partial charge in [-0.05, 0) is 42.9 Å². The number of aromatic nitrogens is 1. The van der Waals surface area contributed by atoms with Gasteiger partial charge in [0, 0.05) is 43.2 Å². The molecule has 2 bridgehead atoms. The molecule has 1 fully saturated rings. The summed E-state index contributed by atoms with van der Waals surface area (Å²) in [5.74, 6) is -12.5. The Morgan fingerprint density at radius 1 is 0.861 bits per heavy atom. The summed E-state index contributed by atoms with van der Waals surface area (Å²) in [5.41, 5.74) is 5.89. The molecule has 27 heteroatoms. The average Bonchev–Trinajstić information content (AvgIpc) is 3.91. The number of aromatic amines is 1. The number of aliphatic carboxylic acids is 1. The maximum absolute atomic E-state index is 14.9. The SMILES string of the molecule is CC[C@H](C)[C@@H]1NC(=O)CNC(=O)[C@H]2Cc3c([nH]c4cc(OCCCCCC(=O)O)ccc34)[S@](=O)CC(NC(=O)CNC1=O)C(=O)N[C@@H](CC(N)=O)C(=O)N1CC(O)C[C@H]1C(=O)N[C@@H]([C@@H](C)[C@@H](O)CO)C(=O)N2. The highest BCUT2D eigenvalue weighted by molar-refractivity contribution is 7.85. The average molecular weight is 1030 g/mol. The second kappa shape index (κ2) is 25.6. The van der Waals surface area contributed by atoms with Crippen LogP contribution in [0.3, 0.4) is 0 Å². The molecule has 0 spiro atoms. The topological polar surface area (TPSA) is 407 Å². The van der Waals surface area contributed by atoms with Crippen LogP contribution in [0.4, 0.5) is 0 Å². The van der Waals surface area contributed by atoms with E-state index in [-0.39, 0.29) is 29.1 Å². The molecule has 11 atom stereocenters. The van der Waals surface area contributed by atoms with Gasteiger partial charge < -0.3 is 78.0 Å². The summed E-state index contributed by atoms with van der Waals surface area (Å²) in [6.45, 7) is 1.91. The van der Waals surface area contributed by atoms with Crippen molar-refractivity contribution in [1.29, 1.82) is 0 Å². The number of ether oxygens (including phenoxy) is 1. The first-order valence-electron chi connectivity index (χ1n) is 23.6. The minimum Gasteiger partial charge on any atom is -0.494 e. The minimum atomic E-state index is -2.40. The van der Waals surface area contributed by atoms with Crippen molar-refractivity contribution < 1.29 is 77.3 Å². The lowest BCUT2D eigenvalue weighted by molar-refractivity contribution is -0.144. The number of fused-ring (bicyclic) bond motifs is 5. The summed E-state index contributed by atoms with van der Waals surface area (Å²) >= 11 is 0. The van der Waals surface area contributed by atoms with E-state index in [1.807, 2.05) is 0 Å². The number of aliphatic hydroxyl groups excluding tert-OH is 3. The zero-order chi connectivity index (χ0) is 53.0. The molecule has 0 radical (unpaired) electrons. The molecule has 3 aliphatic rings. The number of aliphatic hydroxyl groups is 3. The largest absolute Gasteiger partial charge is 0.494 e. The third kappa shape index (κ3) is 14.7. The minimum absolute atomic E-state index is 0.0135. The Balaban J connectivity index is 1.71. The second-order valence-electron chi connectivity index (χ2n) is 18.2. The van der Waals surface area contributed by atoms with Gasteiger partial charge in [0.1, 0.15) is 47.0 Å². The van der Waals surface area contributed by atoms with Gasteiger partial charge in [0.2, 0.25) is 53.2 Å². The second-order valence-corrected chi connectivity index (χ2v) is 19.6. The van der Waals surface area contributed by atoms with Gasteiger partial charge in [-0.15, -0.1) is 0 Å². The van der Waals surface area contributed by atoms with E-state index in [0.717, 1.165) is 4.90 Å². The van der Waals surface area contributed by atoms with Crippen molar-refractivity contribution in [3.8, 4) is 5.75 Å². The standard InChI is InChI=1S/C45H64N10O16S/c1-4-21(2)37-42(67)48-16-34(60)49-30-20-72(70)44-26(25-10-9-24(13-27(25)52-44)71-11-7-5-6-8-36(62)63)14-28(39(64)47-17-35(61)53-37)50-43(68)38(22(3)32(58)19-56)54-41(66)31-12-23(57)18-55(31)45(69)29(15-33(46)59)51-40(30)65/h9-10,13,21-23,28-32,37-38,52,56-58H,4-8,11-12,14-20H2,1-3H3,(H2,46,59)(H,47,64)(H,48,67)(H,49,60)(H,50,68)(H,51,65)(H,53,61)(H,54,66)(H,62,63)/t21-,22-,23?,28+,29-,30?,31-,32-,37-,38-,72+/m0/s1. The fraction of sp³-hybridized carbons (Fsp3) is 0.600. The zero-order valence-electron chi connectivity index (χ0n) is 40.0. The molecule has 9 amide bonds. The Morgan fingerprint density at radius 2 is 1.56 bits per heavy atom. The number of nitrogens with one attached hydrogen (secondary N) is 8. The molecule has 2 unspecified atom stereocenters. The zero-order valence-corrected chi connectivity index (χ0v) is 40.8. The number of nitrogens with zero attached hydrogens (tertiary/aromatic N) is 1. The van der Waals surface area contributed by atoms with E-state index in [2.05, 4.69) is 42.2 Å². The number of carbonyl (C=O) groups excluding carboxylic acids is 9. The van der Waals surface area contributed by atoms with Crippen molar-refractivity contribution in [1.82, 2.24) is 47.1 Å². The molecule has 2 aromatic rings. The first-order chi connectivity index (χ1) is 34.1. The number of hydrogen-bond acceptors (Lipinski definition) is 15. The third-order valence-corrected chi connectivity index (χ3v) is 14.3. The summed E-state index contributed by atoms with van der Waals surface area (Å²) in [6, 6.07) is -5.39. The van der Waals surface area contributed by atoms with Crippen molar-refractivity contribution in [3.05, 3.63) is 23.8 Å². The Labute approximate surface area is 415 Å².